The maximum atomic E-state index is 10.1. The van der Waals surface area contributed by atoms with Crippen LogP contribution in [0.1, 0.15) is 32.7 Å². The van der Waals surface area contributed by atoms with Crippen LogP contribution in [0.3, 0.4) is 0 Å². The Morgan fingerprint density at radius 2 is 2.19 bits per heavy atom. The summed E-state index contributed by atoms with van der Waals surface area (Å²) in [7, 11) is 0. The van der Waals surface area contributed by atoms with Crippen molar-refractivity contribution in [2.24, 2.45) is 0 Å². The number of aliphatic hydroxyl groups is 1. The Labute approximate surface area is 104 Å². The summed E-state index contributed by atoms with van der Waals surface area (Å²) in [6, 6.07) is 6.30. The molecule has 0 radical (unpaired) electrons. The van der Waals surface area contributed by atoms with Crippen LogP contribution in [0.4, 0.5) is 0 Å². The number of hydrogen-bond acceptors (Lipinski definition) is 3. The van der Waals surface area contributed by atoms with Crippen LogP contribution in [0.15, 0.2) is 23.6 Å². The Bertz CT molecular complexity index is 442. The highest BCUT2D eigenvalue weighted by molar-refractivity contribution is 7.12. The molecule has 0 aliphatic carbocycles. The average molecular weight is 252 g/mol. The van der Waals surface area contributed by atoms with E-state index in [1.165, 1.54) is 14.6 Å². The van der Waals surface area contributed by atoms with E-state index in [0.29, 0.717) is 0 Å². The highest BCUT2D eigenvalue weighted by Crippen LogP contribution is 2.29. The van der Waals surface area contributed by atoms with Crippen molar-refractivity contribution in [3.8, 4) is 0 Å². The van der Waals surface area contributed by atoms with Crippen molar-refractivity contribution >= 4 is 22.7 Å². The summed E-state index contributed by atoms with van der Waals surface area (Å²) in [6.07, 6.45) is 1.47. The number of hydrogen-bond donors (Lipinski definition) is 1. The van der Waals surface area contributed by atoms with E-state index in [2.05, 4.69) is 37.4 Å². The Balaban J connectivity index is 1.98. The third-order valence-electron chi connectivity index (χ3n) is 2.68. The zero-order valence-electron chi connectivity index (χ0n) is 9.56. The van der Waals surface area contributed by atoms with E-state index in [1.54, 1.807) is 22.7 Å². The standard InChI is InChI=1S/C13H16OS2/c1-9-8-12(10(2)16-9)13(14)6-5-11-4-3-7-15-11/h3-4,7-8,13-14H,5-6H2,1-2H3. The SMILES string of the molecule is Cc1cc(C(O)CCc2cccs2)c(C)s1. The lowest BCUT2D eigenvalue weighted by Crippen LogP contribution is -1.98. The molecule has 16 heavy (non-hydrogen) atoms. The molecule has 1 atom stereocenters. The predicted octanol–water partition coefficient (Wildman–Crippen LogP) is 4.09. The van der Waals surface area contributed by atoms with Crippen LogP contribution in [0.5, 0.6) is 0 Å². The normalized spacial score (nSPS) is 12.9. The van der Waals surface area contributed by atoms with E-state index < -0.39 is 0 Å². The minimum absolute atomic E-state index is 0.313. The van der Waals surface area contributed by atoms with Crippen molar-refractivity contribution in [2.45, 2.75) is 32.8 Å². The summed E-state index contributed by atoms with van der Waals surface area (Å²) >= 11 is 3.52. The highest BCUT2D eigenvalue weighted by Gasteiger charge is 2.13. The van der Waals surface area contributed by atoms with Gasteiger partial charge in [0.25, 0.3) is 0 Å². The summed E-state index contributed by atoms with van der Waals surface area (Å²) < 4.78 is 0. The zero-order chi connectivity index (χ0) is 11.5. The van der Waals surface area contributed by atoms with Crippen molar-refractivity contribution < 1.29 is 5.11 Å². The van der Waals surface area contributed by atoms with Crippen molar-refractivity contribution in [3.05, 3.63) is 43.8 Å². The van der Waals surface area contributed by atoms with Gasteiger partial charge in [-0.3, -0.25) is 0 Å². The number of rotatable bonds is 4. The van der Waals surface area contributed by atoms with Crippen LogP contribution < -0.4 is 0 Å². The molecule has 0 saturated carbocycles. The molecule has 0 aromatic carbocycles. The smallest absolute Gasteiger partial charge is 0.0804 e. The van der Waals surface area contributed by atoms with Gasteiger partial charge in [0, 0.05) is 14.6 Å². The van der Waals surface area contributed by atoms with Crippen molar-refractivity contribution in [2.75, 3.05) is 0 Å². The van der Waals surface area contributed by atoms with E-state index in [4.69, 9.17) is 0 Å². The van der Waals surface area contributed by atoms with Gasteiger partial charge in [-0.15, -0.1) is 22.7 Å². The molecular formula is C13H16OS2. The van der Waals surface area contributed by atoms with Gasteiger partial charge in [-0.25, -0.2) is 0 Å². The van der Waals surface area contributed by atoms with Gasteiger partial charge < -0.3 is 5.11 Å². The molecule has 2 aromatic rings. The van der Waals surface area contributed by atoms with Crippen LogP contribution in [0, 0.1) is 13.8 Å². The van der Waals surface area contributed by atoms with E-state index >= 15 is 0 Å². The average Bonchev–Trinajstić information content (AvgIpc) is 2.84. The van der Waals surface area contributed by atoms with Crippen molar-refractivity contribution in [3.63, 3.8) is 0 Å². The van der Waals surface area contributed by atoms with Gasteiger partial charge in [0.15, 0.2) is 0 Å². The third-order valence-corrected chi connectivity index (χ3v) is 4.60. The van der Waals surface area contributed by atoms with E-state index in [9.17, 15) is 5.11 Å². The van der Waals surface area contributed by atoms with Gasteiger partial charge in [-0.1, -0.05) is 6.07 Å². The Morgan fingerprint density at radius 3 is 2.75 bits per heavy atom. The number of aliphatic hydroxyl groups excluding tert-OH is 1. The summed E-state index contributed by atoms with van der Waals surface area (Å²) in [5, 5.41) is 12.2. The summed E-state index contributed by atoms with van der Waals surface area (Å²) in [5.74, 6) is 0. The second-order valence-electron chi connectivity index (χ2n) is 4.00. The zero-order valence-corrected chi connectivity index (χ0v) is 11.2. The molecule has 2 rings (SSSR count). The van der Waals surface area contributed by atoms with Crippen molar-refractivity contribution in [1.82, 2.24) is 0 Å². The third kappa shape index (κ3) is 2.73. The Hall–Kier alpha value is -0.640. The highest BCUT2D eigenvalue weighted by atomic mass is 32.1. The summed E-state index contributed by atoms with van der Waals surface area (Å²) in [4.78, 5) is 3.88. The first-order valence-corrected chi connectivity index (χ1v) is 7.14. The van der Waals surface area contributed by atoms with Crippen LogP contribution in [0.25, 0.3) is 0 Å². The van der Waals surface area contributed by atoms with Gasteiger partial charge in [-0.2, -0.15) is 0 Å². The van der Waals surface area contributed by atoms with E-state index in [0.717, 1.165) is 18.4 Å². The number of aryl methyl sites for hydroxylation is 3. The largest absolute Gasteiger partial charge is 0.388 e. The minimum Gasteiger partial charge on any atom is -0.388 e. The summed E-state index contributed by atoms with van der Waals surface area (Å²) in [5.41, 5.74) is 1.11. The lowest BCUT2D eigenvalue weighted by Gasteiger charge is -2.09. The van der Waals surface area contributed by atoms with Crippen LogP contribution >= 0.6 is 22.7 Å². The topological polar surface area (TPSA) is 20.2 Å². The lowest BCUT2D eigenvalue weighted by molar-refractivity contribution is 0.168. The Kier molecular flexibility index (Phi) is 3.79. The monoisotopic (exact) mass is 252 g/mol. The molecule has 0 saturated heterocycles. The Morgan fingerprint density at radius 1 is 1.38 bits per heavy atom. The van der Waals surface area contributed by atoms with Gasteiger partial charge in [0.05, 0.1) is 6.10 Å². The van der Waals surface area contributed by atoms with Crippen molar-refractivity contribution in [1.29, 1.82) is 0 Å². The maximum Gasteiger partial charge on any atom is 0.0804 e. The first-order chi connectivity index (χ1) is 7.66. The van der Waals surface area contributed by atoms with Gasteiger partial charge >= 0.3 is 0 Å². The van der Waals surface area contributed by atoms with Gasteiger partial charge in [-0.05, 0) is 49.8 Å². The second kappa shape index (κ2) is 5.13. The van der Waals surface area contributed by atoms with E-state index in [-0.39, 0.29) is 6.10 Å². The molecule has 1 nitrogen and oxygen atoms in total. The predicted molar refractivity (Wildman–Crippen MR) is 71.4 cm³/mol. The second-order valence-corrected chi connectivity index (χ2v) is 6.50. The molecule has 1 unspecified atom stereocenters. The summed E-state index contributed by atoms with van der Waals surface area (Å²) in [6.45, 7) is 4.18. The van der Waals surface area contributed by atoms with Gasteiger partial charge in [0.2, 0.25) is 0 Å². The van der Waals surface area contributed by atoms with Crippen LogP contribution in [-0.2, 0) is 6.42 Å². The molecule has 2 heterocycles. The molecule has 0 fully saturated rings. The molecule has 0 aliphatic rings. The molecule has 0 bridgehead atoms. The molecule has 1 N–H and O–H groups in total. The fourth-order valence-corrected chi connectivity index (χ4v) is 3.58. The molecule has 3 heteroatoms. The number of thiophene rings is 2. The molecule has 0 spiro atoms. The van der Waals surface area contributed by atoms with Crippen LogP contribution in [0.2, 0.25) is 0 Å². The first kappa shape index (κ1) is 11.8. The molecule has 86 valence electrons. The fraction of sp³-hybridized carbons (Fsp3) is 0.385. The quantitative estimate of drug-likeness (QED) is 0.869. The molecule has 0 aliphatic heterocycles. The molecular weight excluding hydrogens is 236 g/mol. The van der Waals surface area contributed by atoms with Gasteiger partial charge in [0.1, 0.15) is 0 Å². The van der Waals surface area contributed by atoms with E-state index in [1.807, 2.05) is 0 Å². The maximum absolute atomic E-state index is 10.1. The van der Waals surface area contributed by atoms with Crippen LogP contribution in [-0.4, -0.2) is 5.11 Å². The molecule has 2 aromatic heterocycles. The fourth-order valence-electron chi connectivity index (χ4n) is 1.87. The lowest BCUT2D eigenvalue weighted by atomic mass is 10.1. The minimum atomic E-state index is -0.313. The molecule has 0 amide bonds. The first-order valence-electron chi connectivity index (χ1n) is 5.44.